The fourth-order valence-electron chi connectivity index (χ4n) is 2.87. The zero-order valence-corrected chi connectivity index (χ0v) is 12.7. The quantitative estimate of drug-likeness (QED) is 0.945. The van der Waals surface area contributed by atoms with Gasteiger partial charge in [-0.2, -0.15) is 0 Å². The highest BCUT2D eigenvalue weighted by molar-refractivity contribution is 5.96. The fraction of sp³-hybridized carbons (Fsp3) is 0.412. The molecule has 1 saturated heterocycles. The van der Waals surface area contributed by atoms with Crippen LogP contribution in [0.3, 0.4) is 0 Å². The van der Waals surface area contributed by atoms with Gasteiger partial charge in [-0.1, -0.05) is 18.2 Å². The molecule has 0 bridgehead atoms. The standard InChI is InChI=1S/C17H20N2O3/c1-19(11-13-7-4-5-9-22-13)17(21)15-10-12-6-2-3-8-14(12)16(20)18-15/h2-3,6,8,10,13H,4-5,7,9,11H2,1H3,(H,18,20)/t13-/m1/s1. The van der Waals surface area contributed by atoms with Crippen molar-refractivity contribution in [3.63, 3.8) is 0 Å². The van der Waals surface area contributed by atoms with E-state index in [1.165, 1.54) is 0 Å². The molecule has 116 valence electrons. The van der Waals surface area contributed by atoms with Gasteiger partial charge in [0.2, 0.25) is 0 Å². The minimum atomic E-state index is -0.233. The van der Waals surface area contributed by atoms with Crippen molar-refractivity contribution in [1.82, 2.24) is 9.88 Å². The summed E-state index contributed by atoms with van der Waals surface area (Å²) in [5.74, 6) is -0.183. The van der Waals surface area contributed by atoms with Crippen molar-refractivity contribution in [3.8, 4) is 0 Å². The molecule has 1 amide bonds. The van der Waals surface area contributed by atoms with E-state index >= 15 is 0 Å². The first-order valence-corrected chi connectivity index (χ1v) is 7.64. The number of hydrogen-bond donors (Lipinski definition) is 1. The van der Waals surface area contributed by atoms with Crippen molar-refractivity contribution < 1.29 is 9.53 Å². The molecule has 0 spiro atoms. The van der Waals surface area contributed by atoms with Gasteiger partial charge in [-0.3, -0.25) is 9.59 Å². The lowest BCUT2D eigenvalue weighted by Gasteiger charge is -2.27. The van der Waals surface area contributed by atoms with E-state index in [1.807, 2.05) is 18.2 Å². The van der Waals surface area contributed by atoms with E-state index in [2.05, 4.69) is 4.98 Å². The molecule has 2 heterocycles. The number of pyridine rings is 1. The van der Waals surface area contributed by atoms with Crippen molar-refractivity contribution in [2.75, 3.05) is 20.2 Å². The zero-order chi connectivity index (χ0) is 15.5. The molecule has 5 heteroatoms. The summed E-state index contributed by atoms with van der Waals surface area (Å²) in [7, 11) is 1.74. The Balaban J connectivity index is 1.80. The molecule has 0 unspecified atom stereocenters. The topological polar surface area (TPSA) is 62.4 Å². The van der Waals surface area contributed by atoms with Gasteiger partial charge in [-0.25, -0.2) is 0 Å². The number of nitrogens with zero attached hydrogens (tertiary/aromatic N) is 1. The fourth-order valence-corrected chi connectivity index (χ4v) is 2.87. The summed E-state index contributed by atoms with van der Waals surface area (Å²) in [6.45, 7) is 1.31. The number of H-pyrrole nitrogens is 1. The minimum Gasteiger partial charge on any atom is -0.376 e. The van der Waals surface area contributed by atoms with Crippen LogP contribution in [0.4, 0.5) is 0 Å². The number of aromatic nitrogens is 1. The molecule has 1 fully saturated rings. The van der Waals surface area contributed by atoms with Gasteiger partial charge in [0.15, 0.2) is 0 Å². The maximum Gasteiger partial charge on any atom is 0.270 e. The second kappa shape index (κ2) is 6.32. The number of ether oxygens (including phenoxy) is 1. The van der Waals surface area contributed by atoms with Crippen LogP contribution >= 0.6 is 0 Å². The van der Waals surface area contributed by atoms with Gasteiger partial charge >= 0.3 is 0 Å². The van der Waals surface area contributed by atoms with Gasteiger partial charge in [0.05, 0.1) is 6.10 Å². The summed E-state index contributed by atoms with van der Waals surface area (Å²) < 4.78 is 5.66. The van der Waals surface area contributed by atoms with Crippen molar-refractivity contribution in [2.24, 2.45) is 0 Å². The Morgan fingerprint density at radius 1 is 1.36 bits per heavy atom. The number of aromatic amines is 1. The van der Waals surface area contributed by atoms with Crippen LogP contribution in [0.5, 0.6) is 0 Å². The Bertz CT molecular complexity index is 732. The number of hydrogen-bond acceptors (Lipinski definition) is 3. The van der Waals surface area contributed by atoms with E-state index in [0.717, 1.165) is 31.3 Å². The zero-order valence-electron chi connectivity index (χ0n) is 12.7. The number of rotatable bonds is 3. The highest BCUT2D eigenvalue weighted by Crippen LogP contribution is 2.15. The van der Waals surface area contributed by atoms with Gasteiger partial charge in [0.1, 0.15) is 5.69 Å². The third-order valence-electron chi connectivity index (χ3n) is 4.08. The van der Waals surface area contributed by atoms with Gasteiger partial charge in [0.25, 0.3) is 11.5 Å². The third-order valence-corrected chi connectivity index (χ3v) is 4.08. The van der Waals surface area contributed by atoms with Crippen LogP contribution in [0.25, 0.3) is 10.8 Å². The summed E-state index contributed by atoms with van der Waals surface area (Å²) in [6, 6.07) is 8.99. The normalized spacial score (nSPS) is 18.3. The third kappa shape index (κ3) is 3.04. The highest BCUT2D eigenvalue weighted by Gasteiger charge is 2.20. The summed E-state index contributed by atoms with van der Waals surface area (Å²) in [6.07, 6.45) is 3.30. The van der Waals surface area contributed by atoms with E-state index in [4.69, 9.17) is 4.74 Å². The summed E-state index contributed by atoms with van der Waals surface area (Å²) in [5, 5.41) is 1.37. The van der Waals surface area contributed by atoms with Crippen molar-refractivity contribution in [3.05, 3.63) is 46.4 Å². The smallest absolute Gasteiger partial charge is 0.270 e. The summed E-state index contributed by atoms with van der Waals surface area (Å²) in [4.78, 5) is 28.9. The number of nitrogens with one attached hydrogen (secondary N) is 1. The SMILES string of the molecule is CN(C[C@H]1CCCCO1)C(=O)c1cc2ccccc2c(=O)[nH]1. The molecule has 22 heavy (non-hydrogen) atoms. The average Bonchev–Trinajstić information content (AvgIpc) is 2.55. The van der Waals surface area contributed by atoms with Crippen LogP contribution in [0.2, 0.25) is 0 Å². The van der Waals surface area contributed by atoms with Crippen molar-refractivity contribution >= 4 is 16.7 Å². The van der Waals surface area contributed by atoms with Crippen LogP contribution in [0.15, 0.2) is 35.1 Å². The molecule has 5 nitrogen and oxygen atoms in total. The molecule has 0 radical (unpaired) electrons. The minimum absolute atomic E-state index is 0.0925. The van der Waals surface area contributed by atoms with Crippen LogP contribution in [-0.4, -0.2) is 42.1 Å². The van der Waals surface area contributed by atoms with Crippen LogP contribution in [0, 0.1) is 0 Å². The second-order valence-electron chi connectivity index (χ2n) is 5.77. The van der Waals surface area contributed by atoms with Crippen molar-refractivity contribution in [1.29, 1.82) is 0 Å². The highest BCUT2D eigenvalue weighted by atomic mass is 16.5. The van der Waals surface area contributed by atoms with Gasteiger partial charge in [0, 0.05) is 25.6 Å². The molecule has 3 rings (SSSR count). The van der Waals surface area contributed by atoms with Gasteiger partial charge in [-0.15, -0.1) is 0 Å². The Morgan fingerprint density at radius 3 is 2.95 bits per heavy atom. The second-order valence-corrected chi connectivity index (χ2v) is 5.77. The lowest BCUT2D eigenvalue weighted by atomic mass is 10.1. The largest absolute Gasteiger partial charge is 0.376 e. The van der Waals surface area contributed by atoms with E-state index in [-0.39, 0.29) is 17.6 Å². The van der Waals surface area contributed by atoms with Crippen molar-refractivity contribution in [2.45, 2.75) is 25.4 Å². The van der Waals surface area contributed by atoms with E-state index in [9.17, 15) is 9.59 Å². The van der Waals surface area contributed by atoms with E-state index in [0.29, 0.717) is 17.6 Å². The molecular formula is C17H20N2O3. The lowest BCUT2D eigenvalue weighted by molar-refractivity contribution is -0.000290. The average molecular weight is 300 g/mol. The van der Waals surface area contributed by atoms with Crippen LogP contribution in [-0.2, 0) is 4.74 Å². The molecule has 2 aromatic rings. The first-order chi connectivity index (χ1) is 10.6. The molecule has 0 saturated carbocycles. The Kier molecular flexibility index (Phi) is 4.24. The number of carbonyl (C=O) groups is 1. The predicted molar refractivity (Wildman–Crippen MR) is 85.1 cm³/mol. The Morgan fingerprint density at radius 2 is 2.18 bits per heavy atom. The van der Waals surface area contributed by atoms with E-state index in [1.54, 1.807) is 24.1 Å². The lowest BCUT2D eigenvalue weighted by Crippen LogP contribution is -2.37. The predicted octanol–water partition coefficient (Wildman–Crippen LogP) is 2.17. The Labute approximate surface area is 128 Å². The molecular weight excluding hydrogens is 280 g/mol. The first-order valence-electron chi connectivity index (χ1n) is 7.64. The molecule has 0 aliphatic carbocycles. The molecule has 1 N–H and O–H groups in total. The maximum absolute atomic E-state index is 12.5. The number of amides is 1. The monoisotopic (exact) mass is 300 g/mol. The molecule has 1 aliphatic heterocycles. The first kappa shape index (κ1) is 14.8. The summed E-state index contributed by atoms with van der Waals surface area (Å²) in [5.41, 5.74) is 0.0887. The number of carbonyl (C=O) groups excluding carboxylic acids is 1. The van der Waals surface area contributed by atoms with Gasteiger partial charge < -0.3 is 14.6 Å². The van der Waals surface area contributed by atoms with E-state index < -0.39 is 0 Å². The number of benzene rings is 1. The summed E-state index contributed by atoms with van der Waals surface area (Å²) >= 11 is 0. The van der Waals surface area contributed by atoms with Crippen LogP contribution < -0.4 is 5.56 Å². The number of fused-ring (bicyclic) bond motifs is 1. The maximum atomic E-state index is 12.5. The molecule has 1 atom stereocenters. The van der Waals surface area contributed by atoms with Gasteiger partial charge in [-0.05, 0) is 36.8 Å². The van der Waals surface area contributed by atoms with Crippen LogP contribution in [0.1, 0.15) is 29.8 Å². The Hall–Kier alpha value is -2.14. The molecule has 1 aromatic heterocycles. The molecule has 1 aromatic carbocycles. The molecule has 1 aliphatic rings. The number of likely N-dealkylation sites (N-methyl/N-ethyl adjacent to an activating group) is 1.